The minimum atomic E-state index is -0.0718. The molecule has 6 heteroatoms. The molecule has 1 aromatic heterocycles. The maximum Gasteiger partial charge on any atom is 0.251 e. The number of H-pyrrole nitrogens is 1. The van der Waals surface area contributed by atoms with Crippen LogP contribution < -0.4 is 16.6 Å². The molecule has 0 aliphatic heterocycles. The molecule has 0 saturated carbocycles. The van der Waals surface area contributed by atoms with Crippen molar-refractivity contribution in [3.63, 3.8) is 0 Å². The first-order chi connectivity index (χ1) is 9.70. The Morgan fingerprint density at radius 3 is 2.70 bits per heavy atom. The first-order valence-corrected chi connectivity index (χ1v) is 6.54. The van der Waals surface area contributed by atoms with Crippen molar-refractivity contribution in [3.8, 4) is 0 Å². The second-order valence-corrected chi connectivity index (χ2v) is 4.60. The summed E-state index contributed by atoms with van der Waals surface area (Å²) >= 11 is 0. The topological polar surface area (TPSA) is 95.8 Å². The second kappa shape index (κ2) is 6.72. The molecule has 0 spiro atoms. The lowest BCUT2D eigenvalue weighted by Crippen LogP contribution is -2.24. The highest BCUT2D eigenvalue weighted by Crippen LogP contribution is 2.08. The predicted molar refractivity (Wildman–Crippen MR) is 78.2 cm³/mol. The Morgan fingerprint density at radius 2 is 2.10 bits per heavy atom. The molecule has 0 atom stereocenters. The van der Waals surface area contributed by atoms with Crippen LogP contribution in [0.3, 0.4) is 0 Å². The van der Waals surface area contributed by atoms with Gasteiger partial charge in [-0.2, -0.15) is 5.10 Å². The van der Waals surface area contributed by atoms with Gasteiger partial charge in [-0.1, -0.05) is 0 Å². The number of aromatic nitrogens is 2. The second-order valence-electron chi connectivity index (χ2n) is 4.60. The SMILES string of the molecule is Cc1[nH]ncc1CCCNC(=O)c1ccc(NN)cc1. The lowest BCUT2D eigenvalue weighted by Gasteiger charge is -2.06. The molecule has 0 saturated heterocycles. The van der Waals surface area contributed by atoms with Gasteiger partial charge < -0.3 is 10.7 Å². The first kappa shape index (κ1) is 14.1. The van der Waals surface area contributed by atoms with Gasteiger partial charge in [-0.3, -0.25) is 15.7 Å². The van der Waals surface area contributed by atoms with E-state index in [1.807, 2.05) is 13.1 Å². The molecule has 106 valence electrons. The maximum absolute atomic E-state index is 11.9. The molecular weight excluding hydrogens is 254 g/mol. The summed E-state index contributed by atoms with van der Waals surface area (Å²) in [6.07, 6.45) is 3.61. The molecule has 5 N–H and O–H groups in total. The van der Waals surface area contributed by atoms with Crippen molar-refractivity contribution in [2.75, 3.05) is 12.0 Å². The Balaban J connectivity index is 1.76. The molecule has 2 aromatic rings. The average Bonchev–Trinajstić information content (AvgIpc) is 2.89. The minimum absolute atomic E-state index is 0.0718. The molecule has 1 amide bonds. The molecule has 0 radical (unpaired) electrons. The lowest BCUT2D eigenvalue weighted by molar-refractivity contribution is 0.0953. The fraction of sp³-hybridized carbons (Fsp3) is 0.286. The number of carbonyl (C=O) groups is 1. The Hall–Kier alpha value is -2.34. The van der Waals surface area contributed by atoms with Crippen LogP contribution in [0.15, 0.2) is 30.5 Å². The molecule has 0 bridgehead atoms. The summed E-state index contributed by atoms with van der Waals surface area (Å²) < 4.78 is 0. The third kappa shape index (κ3) is 3.58. The summed E-state index contributed by atoms with van der Waals surface area (Å²) in [6, 6.07) is 7.02. The van der Waals surface area contributed by atoms with Crippen LogP contribution in [0.4, 0.5) is 5.69 Å². The standard InChI is InChI=1S/C14H19N5O/c1-10-12(9-17-19-10)3-2-8-16-14(20)11-4-6-13(18-15)7-5-11/h4-7,9,18H,2-3,8,15H2,1H3,(H,16,20)(H,17,19). The zero-order chi connectivity index (χ0) is 14.4. The number of aryl methyl sites for hydroxylation is 2. The number of nitrogen functional groups attached to an aromatic ring is 1. The van der Waals surface area contributed by atoms with E-state index in [9.17, 15) is 4.79 Å². The van der Waals surface area contributed by atoms with E-state index in [1.165, 1.54) is 5.56 Å². The Bertz CT molecular complexity index is 561. The van der Waals surface area contributed by atoms with E-state index in [2.05, 4.69) is 20.9 Å². The highest BCUT2D eigenvalue weighted by Gasteiger charge is 2.05. The summed E-state index contributed by atoms with van der Waals surface area (Å²) in [5, 5.41) is 9.77. The number of hydrogen-bond acceptors (Lipinski definition) is 4. The molecule has 1 heterocycles. The molecule has 0 aliphatic carbocycles. The Morgan fingerprint density at radius 1 is 1.35 bits per heavy atom. The number of hydrazine groups is 1. The van der Waals surface area contributed by atoms with E-state index in [4.69, 9.17) is 5.84 Å². The number of carbonyl (C=O) groups excluding carboxylic acids is 1. The van der Waals surface area contributed by atoms with Gasteiger partial charge in [0, 0.05) is 23.5 Å². The van der Waals surface area contributed by atoms with Gasteiger partial charge in [-0.25, -0.2) is 0 Å². The summed E-state index contributed by atoms with van der Waals surface area (Å²) in [5.74, 6) is 5.20. The van der Waals surface area contributed by atoms with E-state index in [-0.39, 0.29) is 5.91 Å². The molecule has 2 rings (SSSR count). The van der Waals surface area contributed by atoms with Crippen LogP contribution in [-0.2, 0) is 6.42 Å². The quantitative estimate of drug-likeness (QED) is 0.363. The van der Waals surface area contributed by atoms with Crippen molar-refractivity contribution in [1.29, 1.82) is 0 Å². The Labute approximate surface area is 117 Å². The fourth-order valence-electron chi connectivity index (χ4n) is 1.93. The first-order valence-electron chi connectivity index (χ1n) is 6.54. The number of nitrogens with zero attached hydrogens (tertiary/aromatic N) is 1. The number of amides is 1. The van der Waals surface area contributed by atoms with Gasteiger partial charge in [-0.05, 0) is 49.6 Å². The minimum Gasteiger partial charge on any atom is -0.352 e. The zero-order valence-corrected chi connectivity index (χ0v) is 11.4. The lowest BCUT2D eigenvalue weighted by atomic mass is 10.1. The number of aromatic amines is 1. The number of hydrogen-bond donors (Lipinski definition) is 4. The normalized spacial score (nSPS) is 10.3. The highest BCUT2D eigenvalue weighted by atomic mass is 16.1. The van der Waals surface area contributed by atoms with Gasteiger partial charge in [0.1, 0.15) is 0 Å². The van der Waals surface area contributed by atoms with Crippen molar-refractivity contribution < 1.29 is 4.79 Å². The smallest absolute Gasteiger partial charge is 0.251 e. The van der Waals surface area contributed by atoms with Crippen LogP contribution in [0.2, 0.25) is 0 Å². The number of nitrogens with two attached hydrogens (primary N) is 1. The van der Waals surface area contributed by atoms with Gasteiger partial charge in [0.25, 0.3) is 5.91 Å². The Kier molecular flexibility index (Phi) is 4.73. The number of benzene rings is 1. The fourth-order valence-corrected chi connectivity index (χ4v) is 1.93. The molecule has 0 fully saturated rings. The molecule has 0 aliphatic rings. The summed E-state index contributed by atoms with van der Waals surface area (Å²) in [6.45, 7) is 2.63. The summed E-state index contributed by atoms with van der Waals surface area (Å²) in [5.41, 5.74) is 6.21. The van der Waals surface area contributed by atoms with Gasteiger partial charge in [0.05, 0.1) is 6.20 Å². The molecule has 20 heavy (non-hydrogen) atoms. The number of anilines is 1. The van der Waals surface area contributed by atoms with E-state index in [0.717, 1.165) is 24.2 Å². The van der Waals surface area contributed by atoms with Crippen LogP contribution in [0.5, 0.6) is 0 Å². The van der Waals surface area contributed by atoms with Crippen LogP contribution in [0, 0.1) is 6.92 Å². The van der Waals surface area contributed by atoms with Gasteiger partial charge >= 0.3 is 0 Å². The van der Waals surface area contributed by atoms with Crippen LogP contribution in [0.1, 0.15) is 28.0 Å². The van der Waals surface area contributed by atoms with Crippen LogP contribution >= 0.6 is 0 Å². The van der Waals surface area contributed by atoms with E-state index in [0.29, 0.717) is 12.1 Å². The van der Waals surface area contributed by atoms with Crippen LogP contribution in [-0.4, -0.2) is 22.6 Å². The van der Waals surface area contributed by atoms with Crippen molar-refractivity contribution >= 4 is 11.6 Å². The van der Waals surface area contributed by atoms with Crippen molar-refractivity contribution in [2.24, 2.45) is 5.84 Å². The van der Waals surface area contributed by atoms with Gasteiger partial charge in [0.15, 0.2) is 0 Å². The maximum atomic E-state index is 11.9. The molecule has 0 unspecified atom stereocenters. The summed E-state index contributed by atoms with van der Waals surface area (Å²) in [4.78, 5) is 11.9. The zero-order valence-electron chi connectivity index (χ0n) is 11.4. The van der Waals surface area contributed by atoms with E-state index < -0.39 is 0 Å². The highest BCUT2D eigenvalue weighted by molar-refractivity contribution is 5.94. The molecule has 6 nitrogen and oxygen atoms in total. The third-order valence-corrected chi connectivity index (χ3v) is 3.16. The summed E-state index contributed by atoms with van der Waals surface area (Å²) in [7, 11) is 0. The van der Waals surface area contributed by atoms with E-state index >= 15 is 0 Å². The largest absolute Gasteiger partial charge is 0.352 e. The van der Waals surface area contributed by atoms with Gasteiger partial charge in [0.2, 0.25) is 0 Å². The van der Waals surface area contributed by atoms with Crippen molar-refractivity contribution in [2.45, 2.75) is 19.8 Å². The van der Waals surface area contributed by atoms with E-state index in [1.54, 1.807) is 24.3 Å². The van der Waals surface area contributed by atoms with Crippen LogP contribution in [0.25, 0.3) is 0 Å². The monoisotopic (exact) mass is 273 g/mol. The van der Waals surface area contributed by atoms with Gasteiger partial charge in [-0.15, -0.1) is 0 Å². The predicted octanol–water partition coefficient (Wildman–Crippen LogP) is 1.37. The average molecular weight is 273 g/mol. The number of nitrogens with one attached hydrogen (secondary N) is 3. The van der Waals surface area contributed by atoms with Crippen molar-refractivity contribution in [1.82, 2.24) is 15.5 Å². The van der Waals surface area contributed by atoms with Crippen molar-refractivity contribution in [3.05, 3.63) is 47.3 Å². The molecule has 1 aromatic carbocycles. The number of rotatable bonds is 6. The third-order valence-electron chi connectivity index (χ3n) is 3.16. The molecular formula is C14H19N5O.